The number of nitrogens with two attached hydrogens (primary N) is 1. The number of hydrogen-bond acceptors (Lipinski definition) is 5. The summed E-state index contributed by atoms with van der Waals surface area (Å²) in [5, 5.41) is 15.0. The molecule has 0 amide bonds. The first kappa shape index (κ1) is 14.1. The molecule has 6 heteroatoms. The molecule has 0 unspecified atom stereocenters. The van der Waals surface area contributed by atoms with Crippen molar-refractivity contribution in [1.82, 2.24) is 9.78 Å². The van der Waals surface area contributed by atoms with E-state index >= 15 is 0 Å². The third-order valence-corrected chi connectivity index (χ3v) is 3.78. The van der Waals surface area contributed by atoms with Crippen LogP contribution in [0.5, 0.6) is 0 Å². The molecule has 0 spiro atoms. The zero-order chi connectivity index (χ0) is 14.0. The summed E-state index contributed by atoms with van der Waals surface area (Å²) < 4.78 is 7.09. The van der Waals surface area contributed by atoms with Gasteiger partial charge in [-0.25, -0.2) is 0 Å². The molecule has 0 bridgehead atoms. The van der Waals surface area contributed by atoms with Crippen molar-refractivity contribution >= 4 is 11.5 Å². The summed E-state index contributed by atoms with van der Waals surface area (Å²) >= 11 is 0. The smallest absolute Gasteiger partial charge is 0.150 e. The number of aliphatic hydroxyl groups is 1. The number of hydrogen-bond donors (Lipinski definition) is 2. The highest BCUT2D eigenvalue weighted by molar-refractivity contribution is 5.66. The van der Waals surface area contributed by atoms with Crippen molar-refractivity contribution in [2.45, 2.75) is 31.8 Å². The minimum absolute atomic E-state index is 0.545. The molecule has 2 heterocycles. The standard InChI is InChI=1S/C13H24N4O2/c1-4-10-11(14)12(17(3)15-10)16(2)9-13(18)5-7-19-8-6-13/h18H,4-9,14H2,1-3H3. The van der Waals surface area contributed by atoms with Crippen LogP contribution < -0.4 is 10.6 Å². The quantitative estimate of drug-likeness (QED) is 0.833. The number of likely N-dealkylation sites (N-methyl/N-ethyl adjacent to an activating group) is 1. The van der Waals surface area contributed by atoms with Gasteiger partial charge in [-0.1, -0.05) is 6.92 Å². The van der Waals surface area contributed by atoms with Crippen LogP contribution in [0.4, 0.5) is 11.5 Å². The van der Waals surface area contributed by atoms with Crippen molar-refractivity contribution in [3.63, 3.8) is 0 Å². The van der Waals surface area contributed by atoms with Crippen molar-refractivity contribution < 1.29 is 9.84 Å². The first-order valence-corrected chi connectivity index (χ1v) is 6.79. The second kappa shape index (κ2) is 5.38. The third kappa shape index (κ3) is 2.84. The molecule has 0 aliphatic carbocycles. The molecular formula is C13H24N4O2. The number of aryl methyl sites for hydroxylation is 2. The normalized spacial score (nSPS) is 18.5. The van der Waals surface area contributed by atoms with Crippen molar-refractivity contribution in [3.05, 3.63) is 5.69 Å². The molecule has 0 radical (unpaired) electrons. The van der Waals surface area contributed by atoms with Crippen LogP contribution in [0.25, 0.3) is 0 Å². The molecule has 1 aromatic rings. The second-order valence-electron chi connectivity index (χ2n) is 5.35. The van der Waals surface area contributed by atoms with Gasteiger partial charge in [-0.15, -0.1) is 0 Å². The van der Waals surface area contributed by atoms with E-state index in [-0.39, 0.29) is 0 Å². The highest BCUT2D eigenvalue weighted by atomic mass is 16.5. The summed E-state index contributed by atoms with van der Waals surface area (Å²) in [4.78, 5) is 1.99. The molecule has 3 N–H and O–H groups in total. The van der Waals surface area contributed by atoms with E-state index in [9.17, 15) is 5.11 Å². The van der Waals surface area contributed by atoms with E-state index in [0.717, 1.165) is 17.9 Å². The predicted octanol–water partition coefficient (Wildman–Crippen LogP) is 0.542. The lowest BCUT2D eigenvalue weighted by molar-refractivity contribution is -0.0573. The molecule has 1 aromatic heterocycles. The van der Waals surface area contributed by atoms with Gasteiger partial charge < -0.3 is 20.5 Å². The van der Waals surface area contributed by atoms with Crippen molar-refractivity contribution in [2.24, 2.45) is 7.05 Å². The minimum atomic E-state index is -0.698. The molecule has 1 saturated heterocycles. The van der Waals surface area contributed by atoms with Gasteiger partial charge in [0.1, 0.15) is 5.82 Å². The number of ether oxygens (including phenoxy) is 1. The van der Waals surface area contributed by atoms with Gasteiger partial charge in [0.05, 0.1) is 17.0 Å². The number of rotatable bonds is 4. The van der Waals surface area contributed by atoms with Gasteiger partial charge in [-0.05, 0) is 6.42 Å². The van der Waals surface area contributed by atoms with E-state index in [1.807, 2.05) is 25.9 Å². The fourth-order valence-electron chi connectivity index (χ4n) is 2.73. The Morgan fingerprint density at radius 1 is 1.47 bits per heavy atom. The molecule has 1 fully saturated rings. The summed E-state index contributed by atoms with van der Waals surface area (Å²) in [6.07, 6.45) is 2.14. The maximum Gasteiger partial charge on any atom is 0.150 e. The van der Waals surface area contributed by atoms with Crippen LogP contribution >= 0.6 is 0 Å². The van der Waals surface area contributed by atoms with Crippen molar-refractivity contribution in [1.29, 1.82) is 0 Å². The van der Waals surface area contributed by atoms with Crippen molar-refractivity contribution in [2.75, 3.05) is 37.4 Å². The average Bonchev–Trinajstić information content (AvgIpc) is 2.64. The first-order valence-electron chi connectivity index (χ1n) is 6.79. The molecular weight excluding hydrogens is 244 g/mol. The number of nitrogen functional groups attached to an aromatic ring is 1. The van der Waals surface area contributed by atoms with Gasteiger partial charge in [-0.3, -0.25) is 4.68 Å². The van der Waals surface area contributed by atoms with E-state index < -0.39 is 5.60 Å². The van der Waals surface area contributed by atoms with Crippen LogP contribution in [0.15, 0.2) is 0 Å². The van der Waals surface area contributed by atoms with Crippen molar-refractivity contribution in [3.8, 4) is 0 Å². The van der Waals surface area contributed by atoms with Gasteiger partial charge in [0.25, 0.3) is 0 Å². The van der Waals surface area contributed by atoms with Gasteiger partial charge in [-0.2, -0.15) is 5.10 Å². The van der Waals surface area contributed by atoms with E-state index in [1.165, 1.54) is 0 Å². The van der Waals surface area contributed by atoms with Crippen LogP contribution in [0, 0.1) is 0 Å². The highest BCUT2D eigenvalue weighted by Crippen LogP contribution is 2.29. The molecule has 1 aliphatic heterocycles. The Labute approximate surface area is 114 Å². The molecule has 0 saturated carbocycles. The Bertz CT molecular complexity index is 438. The molecule has 19 heavy (non-hydrogen) atoms. The number of anilines is 2. The zero-order valence-corrected chi connectivity index (χ0v) is 12.0. The van der Waals surface area contributed by atoms with Gasteiger partial charge in [0.15, 0.2) is 0 Å². The van der Waals surface area contributed by atoms with Crippen LogP contribution in [0.1, 0.15) is 25.5 Å². The fraction of sp³-hybridized carbons (Fsp3) is 0.769. The maximum absolute atomic E-state index is 10.6. The van der Waals surface area contributed by atoms with Gasteiger partial charge in [0, 0.05) is 46.7 Å². The summed E-state index contributed by atoms with van der Waals surface area (Å²) in [6, 6.07) is 0. The van der Waals surface area contributed by atoms with Gasteiger partial charge in [0.2, 0.25) is 0 Å². The Kier molecular flexibility index (Phi) is 4.01. The minimum Gasteiger partial charge on any atom is -0.394 e. The Hall–Kier alpha value is -1.27. The lowest BCUT2D eigenvalue weighted by atomic mass is 9.94. The van der Waals surface area contributed by atoms with E-state index in [4.69, 9.17) is 10.5 Å². The zero-order valence-electron chi connectivity index (χ0n) is 12.0. The monoisotopic (exact) mass is 268 g/mol. The lowest BCUT2D eigenvalue weighted by Gasteiger charge is -2.36. The first-order chi connectivity index (χ1) is 8.97. The Balaban J connectivity index is 2.15. The van der Waals surface area contributed by atoms with E-state index in [2.05, 4.69) is 5.10 Å². The van der Waals surface area contributed by atoms with Gasteiger partial charge >= 0.3 is 0 Å². The summed E-state index contributed by atoms with van der Waals surface area (Å²) in [5.74, 6) is 0.872. The highest BCUT2D eigenvalue weighted by Gasteiger charge is 2.32. The third-order valence-electron chi connectivity index (χ3n) is 3.78. The molecule has 2 rings (SSSR count). The van der Waals surface area contributed by atoms with Crippen LogP contribution in [-0.4, -0.2) is 47.3 Å². The predicted molar refractivity (Wildman–Crippen MR) is 75.3 cm³/mol. The molecule has 0 atom stereocenters. The topological polar surface area (TPSA) is 76.5 Å². The largest absolute Gasteiger partial charge is 0.394 e. The molecule has 6 nitrogen and oxygen atoms in total. The lowest BCUT2D eigenvalue weighted by Crippen LogP contribution is -2.46. The summed E-state index contributed by atoms with van der Waals surface area (Å²) in [6.45, 7) is 3.81. The average molecular weight is 268 g/mol. The summed E-state index contributed by atoms with van der Waals surface area (Å²) in [5.41, 5.74) is 7.05. The number of aromatic nitrogens is 2. The van der Waals surface area contributed by atoms with E-state index in [1.54, 1.807) is 4.68 Å². The Morgan fingerprint density at radius 2 is 2.11 bits per heavy atom. The summed E-state index contributed by atoms with van der Waals surface area (Å²) in [7, 11) is 3.83. The SMILES string of the molecule is CCc1nn(C)c(N(C)CC2(O)CCOCC2)c1N. The maximum atomic E-state index is 10.6. The van der Waals surface area contributed by atoms with Crippen LogP contribution in [-0.2, 0) is 18.2 Å². The Morgan fingerprint density at radius 3 is 2.63 bits per heavy atom. The van der Waals surface area contributed by atoms with Crippen LogP contribution in [0.3, 0.4) is 0 Å². The van der Waals surface area contributed by atoms with E-state index in [0.29, 0.717) is 38.3 Å². The van der Waals surface area contributed by atoms with Crippen LogP contribution in [0.2, 0.25) is 0 Å². The number of nitrogens with zero attached hydrogens (tertiary/aromatic N) is 3. The molecule has 108 valence electrons. The second-order valence-corrected chi connectivity index (χ2v) is 5.35. The fourth-order valence-corrected chi connectivity index (χ4v) is 2.73. The molecule has 0 aromatic carbocycles. The molecule has 1 aliphatic rings.